The Labute approximate surface area is 234 Å². The second kappa shape index (κ2) is 11.1. The van der Waals surface area contributed by atoms with E-state index >= 15 is 0 Å². The van der Waals surface area contributed by atoms with Crippen molar-refractivity contribution < 1.29 is 23.9 Å². The standard InChI is InChI=1S/C31H25BrN2O5/c1-3-38-27-17-20(15-24-29(35)33-31(37)34(30(24)36)26-14-7-4-9-19(26)2)16-25(32)28(27)39-18-22-12-8-11-21-10-5-6-13-23(21)22/h4-17H,3,18H2,1-2H3,(H,33,35,37)/b24-15+. The van der Waals surface area contributed by atoms with E-state index in [-0.39, 0.29) is 5.57 Å². The van der Waals surface area contributed by atoms with Gasteiger partial charge in [0.25, 0.3) is 11.8 Å². The van der Waals surface area contributed by atoms with E-state index in [1.165, 1.54) is 6.08 Å². The predicted molar refractivity (Wildman–Crippen MR) is 154 cm³/mol. The number of benzene rings is 4. The molecular weight excluding hydrogens is 560 g/mol. The van der Waals surface area contributed by atoms with Crippen LogP contribution in [0.4, 0.5) is 10.5 Å². The number of amides is 4. The lowest BCUT2D eigenvalue weighted by Gasteiger charge is -2.27. The van der Waals surface area contributed by atoms with Crippen molar-refractivity contribution in [2.24, 2.45) is 0 Å². The van der Waals surface area contributed by atoms with Gasteiger partial charge in [0, 0.05) is 0 Å². The number of hydrogen-bond donors (Lipinski definition) is 1. The van der Waals surface area contributed by atoms with Gasteiger partial charge in [0.2, 0.25) is 0 Å². The van der Waals surface area contributed by atoms with Gasteiger partial charge in [0.1, 0.15) is 12.2 Å². The first-order chi connectivity index (χ1) is 18.9. The van der Waals surface area contributed by atoms with Gasteiger partial charge in [0.05, 0.1) is 16.8 Å². The zero-order valence-electron chi connectivity index (χ0n) is 21.4. The van der Waals surface area contributed by atoms with Crippen LogP contribution in [0.2, 0.25) is 0 Å². The smallest absolute Gasteiger partial charge is 0.335 e. The minimum atomic E-state index is -0.787. The third kappa shape index (κ3) is 5.28. The van der Waals surface area contributed by atoms with Gasteiger partial charge in [0.15, 0.2) is 11.5 Å². The summed E-state index contributed by atoms with van der Waals surface area (Å²) in [5.74, 6) is -0.513. The van der Waals surface area contributed by atoms with E-state index < -0.39 is 17.8 Å². The third-order valence-electron chi connectivity index (χ3n) is 6.35. The molecule has 1 saturated heterocycles. The third-order valence-corrected chi connectivity index (χ3v) is 6.94. The molecular formula is C31H25BrN2O5. The number of nitrogens with zero attached hydrogens (tertiary/aromatic N) is 1. The van der Waals surface area contributed by atoms with Gasteiger partial charge in [-0.05, 0) is 81.5 Å². The summed E-state index contributed by atoms with van der Waals surface area (Å²) in [7, 11) is 0. The molecule has 0 aromatic heterocycles. The van der Waals surface area contributed by atoms with Crippen LogP contribution in [0.25, 0.3) is 16.8 Å². The highest BCUT2D eigenvalue weighted by atomic mass is 79.9. The molecule has 0 unspecified atom stereocenters. The molecule has 7 nitrogen and oxygen atoms in total. The summed E-state index contributed by atoms with van der Waals surface area (Å²) >= 11 is 3.57. The van der Waals surface area contributed by atoms with E-state index in [0.717, 1.165) is 26.8 Å². The average molecular weight is 585 g/mol. The molecule has 4 amide bonds. The first-order valence-electron chi connectivity index (χ1n) is 12.4. The minimum Gasteiger partial charge on any atom is -0.490 e. The summed E-state index contributed by atoms with van der Waals surface area (Å²) in [5.41, 5.74) is 2.52. The molecule has 1 fully saturated rings. The summed E-state index contributed by atoms with van der Waals surface area (Å²) in [6.07, 6.45) is 1.44. The van der Waals surface area contributed by atoms with Gasteiger partial charge in [-0.1, -0.05) is 60.7 Å². The number of barbiturate groups is 1. The lowest BCUT2D eigenvalue weighted by atomic mass is 10.0. The van der Waals surface area contributed by atoms with Crippen molar-refractivity contribution in [2.75, 3.05) is 11.5 Å². The average Bonchev–Trinajstić information content (AvgIpc) is 2.92. The SMILES string of the molecule is CCOc1cc(/C=C2\C(=O)NC(=O)N(c3ccccc3C)C2=O)cc(Br)c1OCc1cccc2ccccc12. The molecule has 4 aromatic rings. The number of aryl methyl sites for hydroxylation is 1. The molecule has 4 aromatic carbocycles. The Bertz CT molecular complexity index is 1640. The van der Waals surface area contributed by atoms with Gasteiger partial charge in [-0.25, -0.2) is 9.69 Å². The van der Waals surface area contributed by atoms with Crippen LogP contribution in [0.15, 0.2) is 88.9 Å². The summed E-state index contributed by atoms with van der Waals surface area (Å²) in [6.45, 7) is 4.34. The van der Waals surface area contributed by atoms with Crippen LogP contribution in [0.1, 0.15) is 23.6 Å². The van der Waals surface area contributed by atoms with Crippen molar-refractivity contribution >= 4 is 56.3 Å². The molecule has 1 aliphatic heterocycles. The van der Waals surface area contributed by atoms with Crippen molar-refractivity contribution in [3.05, 3.63) is 106 Å². The van der Waals surface area contributed by atoms with Gasteiger partial charge >= 0.3 is 6.03 Å². The molecule has 39 heavy (non-hydrogen) atoms. The Balaban J connectivity index is 1.47. The van der Waals surface area contributed by atoms with Crippen LogP contribution in [0, 0.1) is 6.92 Å². The number of halogens is 1. The lowest BCUT2D eigenvalue weighted by molar-refractivity contribution is -0.122. The molecule has 1 N–H and O–H groups in total. The highest BCUT2D eigenvalue weighted by molar-refractivity contribution is 9.10. The fourth-order valence-corrected chi connectivity index (χ4v) is 5.07. The molecule has 5 rings (SSSR count). The quantitative estimate of drug-likeness (QED) is 0.196. The van der Waals surface area contributed by atoms with Gasteiger partial charge in [-0.15, -0.1) is 0 Å². The Hall–Kier alpha value is -4.43. The van der Waals surface area contributed by atoms with Crippen LogP contribution >= 0.6 is 15.9 Å². The number of anilines is 1. The highest BCUT2D eigenvalue weighted by Gasteiger charge is 2.37. The van der Waals surface area contributed by atoms with E-state index in [2.05, 4.69) is 39.4 Å². The molecule has 0 bridgehead atoms. The molecule has 0 aliphatic carbocycles. The first kappa shape index (κ1) is 26.2. The number of hydrogen-bond acceptors (Lipinski definition) is 5. The van der Waals surface area contributed by atoms with Crippen LogP contribution in [-0.4, -0.2) is 24.5 Å². The number of carbonyl (C=O) groups is 3. The zero-order valence-corrected chi connectivity index (χ0v) is 22.9. The number of fused-ring (bicyclic) bond motifs is 1. The van der Waals surface area contributed by atoms with Crippen molar-refractivity contribution in [1.29, 1.82) is 0 Å². The fourth-order valence-electron chi connectivity index (χ4n) is 4.50. The largest absolute Gasteiger partial charge is 0.490 e. The molecule has 0 saturated carbocycles. The number of imide groups is 2. The van der Waals surface area contributed by atoms with Crippen LogP contribution in [0.5, 0.6) is 11.5 Å². The Morgan fingerprint density at radius 1 is 0.923 bits per heavy atom. The maximum Gasteiger partial charge on any atom is 0.335 e. The molecule has 196 valence electrons. The highest BCUT2D eigenvalue weighted by Crippen LogP contribution is 2.39. The number of rotatable bonds is 7. The Morgan fingerprint density at radius 3 is 2.46 bits per heavy atom. The second-order valence-electron chi connectivity index (χ2n) is 8.93. The van der Waals surface area contributed by atoms with Crippen molar-refractivity contribution in [3.8, 4) is 11.5 Å². The first-order valence-corrected chi connectivity index (χ1v) is 13.2. The van der Waals surface area contributed by atoms with Gasteiger partial charge in [-0.2, -0.15) is 0 Å². The van der Waals surface area contributed by atoms with Crippen molar-refractivity contribution in [1.82, 2.24) is 5.32 Å². The summed E-state index contributed by atoms with van der Waals surface area (Å²) in [5, 5.41) is 4.49. The number of ether oxygens (including phenoxy) is 2. The van der Waals surface area contributed by atoms with Gasteiger partial charge < -0.3 is 9.47 Å². The number of urea groups is 1. The second-order valence-corrected chi connectivity index (χ2v) is 9.79. The topological polar surface area (TPSA) is 84.9 Å². The normalized spacial score (nSPS) is 14.6. The van der Waals surface area contributed by atoms with E-state index in [0.29, 0.717) is 40.4 Å². The van der Waals surface area contributed by atoms with E-state index in [1.807, 2.05) is 37.3 Å². The monoisotopic (exact) mass is 584 g/mol. The molecule has 0 atom stereocenters. The van der Waals surface area contributed by atoms with Crippen LogP contribution in [-0.2, 0) is 16.2 Å². The van der Waals surface area contributed by atoms with Crippen LogP contribution in [0.3, 0.4) is 0 Å². The van der Waals surface area contributed by atoms with Crippen molar-refractivity contribution in [3.63, 3.8) is 0 Å². The predicted octanol–water partition coefficient (Wildman–Crippen LogP) is 6.55. The summed E-state index contributed by atoms with van der Waals surface area (Å²) in [6, 6.07) is 23.8. The fraction of sp³-hybridized carbons (Fsp3) is 0.129. The molecule has 1 heterocycles. The van der Waals surface area contributed by atoms with E-state index in [9.17, 15) is 14.4 Å². The number of para-hydroxylation sites is 1. The number of carbonyl (C=O) groups excluding carboxylic acids is 3. The molecule has 0 radical (unpaired) electrons. The van der Waals surface area contributed by atoms with Gasteiger partial charge in [-0.3, -0.25) is 14.9 Å². The minimum absolute atomic E-state index is 0.170. The maximum absolute atomic E-state index is 13.3. The number of nitrogens with one attached hydrogen (secondary N) is 1. The summed E-state index contributed by atoms with van der Waals surface area (Å²) in [4.78, 5) is 39.6. The Kier molecular flexibility index (Phi) is 7.47. The molecule has 0 spiro atoms. The van der Waals surface area contributed by atoms with Crippen molar-refractivity contribution in [2.45, 2.75) is 20.5 Å². The lowest BCUT2D eigenvalue weighted by Crippen LogP contribution is -2.54. The maximum atomic E-state index is 13.3. The molecule has 1 aliphatic rings. The Morgan fingerprint density at radius 2 is 1.67 bits per heavy atom. The molecule has 8 heteroatoms. The van der Waals surface area contributed by atoms with Crippen LogP contribution < -0.4 is 19.7 Å². The van der Waals surface area contributed by atoms with E-state index in [1.54, 1.807) is 37.3 Å². The van der Waals surface area contributed by atoms with E-state index in [4.69, 9.17) is 9.47 Å². The zero-order chi connectivity index (χ0) is 27.5. The summed E-state index contributed by atoms with van der Waals surface area (Å²) < 4.78 is 12.7.